The number of hydrogen-bond donors (Lipinski definition) is 1. The summed E-state index contributed by atoms with van der Waals surface area (Å²) >= 11 is 2.88. The summed E-state index contributed by atoms with van der Waals surface area (Å²) in [5.41, 5.74) is 0.620. The monoisotopic (exact) mass is 365 g/mol. The van der Waals surface area contributed by atoms with Crippen LogP contribution < -0.4 is 0 Å². The average molecular weight is 366 g/mol. The molecule has 1 aromatic carbocycles. The number of nitrogens with zero attached hydrogens (tertiary/aromatic N) is 2. The van der Waals surface area contributed by atoms with Crippen LogP contribution in [0.4, 0.5) is 8.78 Å². The topological polar surface area (TPSA) is 66.1 Å². The Bertz CT molecular complexity index is 696. The molecule has 0 spiro atoms. The quantitative estimate of drug-likeness (QED) is 0.903. The van der Waals surface area contributed by atoms with E-state index in [0.717, 1.165) is 10.4 Å². The highest BCUT2D eigenvalue weighted by Crippen LogP contribution is 2.28. The largest absolute Gasteiger partial charge is 0.285 e. The van der Waals surface area contributed by atoms with Gasteiger partial charge in [0.25, 0.3) is 0 Å². The van der Waals surface area contributed by atoms with Gasteiger partial charge in [0, 0.05) is 35.9 Å². The molecule has 1 aromatic heterocycles. The lowest BCUT2D eigenvalue weighted by Gasteiger charge is -2.17. The zero-order valence-corrected chi connectivity index (χ0v) is 12.7. The van der Waals surface area contributed by atoms with Crippen LogP contribution in [0, 0.1) is 11.6 Å². The molecule has 0 aliphatic heterocycles. The predicted octanol–water partition coefficient (Wildman–Crippen LogP) is 2.27. The van der Waals surface area contributed by atoms with Gasteiger partial charge in [0.2, 0.25) is 10.0 Å². The number of hydrogen-bond acceptors (Lipinski definition) is 3. The maximum absolute atomic E-state index is 13.8. The van der Waals surface area contributed by atoms with E-state index in [1.54, 1.807) is 0 Å². The first kappa shape index (κ1) is 15.1. The van der Waals surface area contributed by atoms with Crippen molar-refractivity contribution in [1.82, 2.24) is 14.5 Å². The van der Waals surface area contributed by atoms with Crippen LogP contribution in [-0.4, -0.2) is 30.0 Å². The van der Waals surface area contributed by atoms with Gasteiger partial charge in [-0.05, 0) is 22.0 Å². The summed E-state index contributed by atoms with van der Waals surface area (Å²) in [5.74, 6) is -2.00. The van der Waals surface area contributed by atoms with Gasteiger partial charge in [0.1, 0.15) is 16.5 Å². The van der Waals surface area contributed by atoms with Crippen LogP contribution in [0.25, 0.3) is 0 Å². The minimum Gasteiger partial charge on any atom is -0.285 e. The van der Waals surface area contributed by atoms with Gasteiger partial charge < -0.3 is 0 Å². The van der Waals surface area contributed by atoms with E-state index in [9.17, 15) is 17.2 Å². The lowest BCUT2D eigenvalue weighted by Crippen LogP contribution is -2.27. The second-order valence-electron chi connectivity index (χ2n) is 4.07. The van der Waals surface area contributed by atoms with Gasteiger partial charge in [-0.2, -0.15) is 9.40 Å². The molecule has 108 valence electrons. The molecule has 9 heteroatoms. The van der Waals surface area contributed by atoms with E-state index in [1.807, 2.05) is 0 Å². The van der Waals surface area contributed by atoms with Crippen molar-refractivity contribution < 1.29 is 17.2 Å². The Balaban J connectivity index is 2.40. The summed E-state index contributed by atoms with van der Waals surface area (Å²) < 4.78 is 52.2. The minimum absolute atomic E-state index is 0.0160. The van der Waals surface area contributed by atoms with Crippen molar-refractivity contribution in [2.24, 2.45) is 0 Å². The lowest BCUT2D eigenvalue weighted by molar-refractivity contribution is 0.458. The van der Waals surface area contributed by atoms with Crippen molar-refractivity contribution in [3.05, 3.63) is 46.2 Å². The van der Waals surface area contributed by atoms with Gasteiger partial charge in [0.15, 0.2) is 0 Å². The van der Waals surface area contributed by atoms with Crippen molar-refractivity contribution in [3.8, 4) is 0 Å². The molecule has 0 aliphatic carbocycles. The Kier molecular flexibility index (Phi) is 4.21. The second kappa shape index (κ2) is 5.58. The molecule has 2 rings (SSSR count). The highest BCUT2D eigenvalue weighted by atomic mass is 79.9. The number of sulfonamides is 1. The third-order valence-electron chi connectivity index (χ3n) is 2.59. The van der Waals surface area contributed by atoms with Crippen molar-refractivity contribution in [3.63, 3.8) is 0 Å². The summed E-state index contributed by atoms with van der Waals surface area (Å²) in [6.45, 7) is 0.0160. The minimum atomic E-state index is -4.09. The zero-order chi connectivity index (χ0) is 14.9. The molecular weight excluding hydrogens is 356 g/mol. The molecule has 0 unspecified atom stereocenters. The van der Waals surface area contributed by atoms with Gasteiger partial charge >= 0.3 is 0 Å². The molecule has 5 nitrogen and oxygen atoms in total. The average Bonchev–Trinajstić information content (AvgIpc) is 2.79. The molecule has 1 N–H and O–H groups in total. The van der Waals surface area contributed by atoms with E-state index in [0.29, 0.717) is 11.6 Å². The SMILES string of the molecule is CN(Cc1cn[nH]c1)S(=O)(=O)c1c(F)cc(F)cc1Br. The summed E-state index contributed by atoms with van der Waals surface area (Å²) in [6, 6.07) is 1.44. The fourth-order valence-corrected chi connectivity index (χ4v) is 3.90. The number of aromatic nitrogens is 2. The molecule has 2 aromatic rings. The van der Waals surface area contributed by atoms with E-state index in [1.165, 1.54) is 19.4 Å². The molecule has 0 atom stereocenters. The molecule has 0 amide bonds. The molecule has 0 fully saturated rings. The molecule has 20 heavy (non-hydrogen) atoms. The first-order valence-electron chi connectivity index (χ1n) is 5.41. The maximum Gasteiger partial charge on any atom is 0.247 e. The molecule has 0 bridgehead atoms. The fourth-order valence-electron chi connectivity index (χ4n) is 1.64. The van der Waals surface area contributed by atoms with Crippen molar-refractivity contribution >= 4 is 26.0 Å². The summed E-state index contributed by atoms with van der Waals surface area (Å²) in [7, 11) is -2.79. The number of benzene rings is 1. The van der Waals surface area contributed by atoms with Crippen LogP contribution in [0.3, 0.4) is 0 Å². The molecule has 1 heterocycles. The Hall–Kier alpha value is -1.32. The first-order chi connectivity index (χ1) is 9.32. The Morgan fingerprint density at radius 1 is 1.40 bits per heavy atom. The van der Waals surface area contributed by atoms with Gasteiger partial charge in [-0.15, -0.1) is 0 Å². The van der Waals surface area contributed by atoms with Gasteiger partial charge in [0.05, 0.1) is 6.20 Å². The van der Waals surface area contributed by atoms with E-state index in [2.05, 4.69) is 26.1 Å². The zero-order valence-electron chi connectivity index (χ0n) is 10.3. The number of rotatable bonds is 4. The highest BCUT2D eigenvalue weighted by Gasteiger charge is 2.28. The number of H-pyrrole nitrogens is 1. The van der Waals surface area contributed by atoms with Crippen molar-refractivity contribution in [2.45, 2.75) is 11.4 Å². The van der Waals surface area contributed by atoms with Crippen LogP contribution in [0.1, 0.15) is 5.56 Å². The lowest BCUT2D eigenvalue weighted by atomic mass is 10.3. The normalized spacial score (nSPS) is 12.1. The van der Waals surface area contributed by atoms with E-state index >= 15 is 0 Å². The second-order valence-corrected chi connectivity index (χ2v) is 6.90. The Labute approximate surface area is 122 Å². The smallest absolute Gasteiger partial charge is 0.247 e. The fraction of sp³-hybridized carbons (Fsp3) is 0.182. The van der Waals surface area contributed by atoms with Gasteiger partial charge in [-0.3, -0.25) is 5.10 Å². The summed E-state index contributed by atoms with van der Waals surface area (Å²) in [6.07, 6.45) is 2.99. The maximum atomic E-state index is 13.8. The third kappa shape index (κ3) is 2.89. The third-order valence-corrected chi connectivity index (χ3v) is 5.36. The highest BCUT2D eigenvalue weighted by molar-refractivity contribution is 9.10. The molecule has 0 saturated carbocycles. The first-order valence-corrected chi connectivity index (χ1v) is 7.64. The van der Waals surface area contributed by atoms with Crippen LogP contribution in [0.2, 0.25) is 0 Å². The van der Waals surface area contributed by atoms with Crippen molar-refractivity contribution in [1.29, 1.82) is 0 Å². The molecule has 0 aliphatic rings. The molecule has 0 radical (unpaired) electrons. The van der Waals surface area contributed by atoms with Crippen LogP contribution in [-0.2, 0) is 16.6 Å². The summed E-state index contributed by atoms with van der Waals surface area (Å²) in [5, 5.41) is 6.25. The van der Waals surface area contributed by atoms with Gasteiger partial charge in [-0.1, -0.05) is 0 Å². The number of aromatic amines is 1. The van der Waals surface area contributed by atoms with Crippen LogP contribution >= 0.6 is 15.9 Å². The number of halogens is 3. The van der Waals surface area contributed by atoms with Gasteiger partial charge in [-0.25, -0.2) is 17.2 Å². The predicted molar refractivity (Wildman–Crippen MR) is 71.3 cm³/mol. The molecule has 0 saturated heterocycles. The van der Waals surface area contributed by atoms with Crippen molar-refractivity contribution in [2.75, 3.05) is 7.05 Å². The van der Waals surface area contributed by atoms with E-state index in [-0.39, 0.29) is 11.0 Å². The van der Waals surface area contributed by atoms with E-state index < -0.39 is 26.6 Å². The Morgan fingerprint density at radius 3 is 2.65 bits per heavy atom. The standard InChI is InChI=1S/C11H10BrF2N3O2S/c1-17(6-7-4-15-16-5-7)20(18,19)11-9(12)2-8(13)3-10(11)14/h2-5H,6H2,1H3,(H,15,16). The molecular formula is C11H10BrF2N3O2S. The Morgan fingerprint density at radius 2 is 2.10 bits per heavy atom. The number of nitrogens with one attached hydrogen (secondary N) is 1. The van der Waals surface area contributed by atoms with Crippen LogP contribution in [0.5, 0.6) is 0 Å². The van der Waals surface area contributed by atoms with Crippen LogP contribution in [0.15, 0.2) is 33.9 Å². The summed E-state index contributed by atoms with van der Waals surface area (Å²) in [4.78, 5) is -0.593. The van der Waals surface area contributed by atoms with E-state index in [4.69, 9.17) is 0 Å².